The van der Waals surface area contributed by atoms with E-state index in [1.165, 1.54) is 16.7 Å². The minimum Gasteiger partial charge on any atom is -0.497 e. The lowest BCUT2D eigenvalue weighted by Crippen LogP contribution is -2.48. The fraction of sp³-hybridized carbons (Fsp3) is 0.400. The normalized spacial score (nSPS) is 18.6. The first-order valence-corrected chi connectivity index (χ1v) is 8.14. The zero-order valence-corrected chi connectivity index (χ0v) is 15.0. The third-order valence-electron chi connectivity index (χ3n) is 4.84. The Morgan fingerprint density at radius 2 is 1.67 bits per heavy atom. The Morgan fingerprint density at radius 1 is 0.958 bits per heavy atom. The largest absolute Gasteiger partial charge is 0.497 e. The van der Waals surface area contributed by atoms with Crippen molar-refractivity contribution in [3.63, 3.8) is 0 Å². The van der Waals surface area contributed by atoms with E-state index in [0.29, 0.717) is 0 Å². The lowest BCUT2D eigenvalue weighted by Gasteiger charge is -2.42. The fourth-order valence-electron chi connectivity index (χ4n) is 3.59. The minimum absolute atomic E-state index is 0.0844. The Morgan fingerprint density at radius 3 is 2.33 bits per heavy atom. The van der Waals surface area contributed by atoms with Crippen molar-refractivity contribution in [3.05, 3.63) is 53.1 Å². The maximum Gasteiger partial charge on any atom is 0.161 e. The summed E-state index contributed by atoms with van der Waals surface area (Å²) in [5, 5.41) is 3.65. The van der Waals surface area contributed by atoms with E-state index in [1.54, 1.807) is 21.3 Å². The lowest BCUT2D eigenvalue weighted by molar-refractivity contribution is 0.316. The molecule has 0 fully saturated rings. The molecular weight excluding hydrogens is 302 g/mol. The Kier molecular flexibility index (Phi) is 4.41. The van der Waals surface area contributed by atoms with Crippen LogP contribution in [0, 0.1) is 0 Å². The standard InChI is InChI=1S/C20H25NO3/c1-20(2)19(13-7-6-8-15(9-13)22-3)16-11-18(24-5)17(23-4)10-14(16)12-21-20/h6-11,19,21H,12H2,1-5H3. The van der Waals surface area contributed by atoms with E-state index in [2.05, 4.69) is 43.4 Å². The van der Waals surface area contributed by atoms with Gasteiger partial charge in [-0.3, -0.25) is 0 Å². The van der Waals surface area contributed by atoms with Gasteiger partial charge in [0, 0.05) is 18.0 Å². The topological polar surface area (TPSA) is 39.7 Å². The van der Waals surface area contributed by atoms with Crippen molar-refractivity contribution in [2.75, 3.05) is 21.3 Å². The minimum atomic E-state index is -0.0844. The molecule has 0 radical (unpaired) electrons. The molecular formula is C20H25NO3. The van der Waals surface area contributed by atoms with Crippen LogP contribution < -0.4 is 19.5 Å². The van der Waals surface area contributed by atoms with Crippen LogP contribution in [-0.2, 0) is 6.54 Å². The summed E-state index contributed by atoms with van der Waals surface area (Å²) in [4.78, 5) is 0. The van der Waals surface area contributed by atoms with Gasteiger partial charge in [0.15, 0.2) is 11.5 Å². The second kappa shape index (κ2) is 6.36. The first-order valence-electron chi connectivity index (χ1n) is 8.14. The van der Waals surface area contributed by atoms with E-state index in [4.69, 9.17) is 14.2 Å². The number of methoxy groups -OCH3 is 3. The summed E-state index contributed by atoms with van der Waals surface area (Å²) < 4.78 is 16.4. The highest BCUT2D eigenvalue weighted by Crippen LogP contribution is 2.44. The molecule has 0 saturated heterocycles. The van der Waals surface area contributed by atoms with Crippen LogP contribution in [0.2, 0.25) is 0 Å². The molecule has 1 atom stereocenters. The van der Waals surface area contributed by atoms with Gasteiger partial charge >= 0.3 is 0 Å². The van der Waals surface area contributed by atoms with Gasteiger partial charge in [0.1, 0.15) is 5.75 Å². The van der Waals surface area contributed by atoms with E-state index in [9.17, 15) is 0 Å². The summed E-state index contributed by atoms with van der Waals surface area (Å²) in [6.45, 7) is 5.27. The first-order chi connectivity index (χ1) is 11.5. The van der Waals surface area contributed by atoms with Gasteiger partial charge in [0.2, 0.25) is 0 Å². The van der Waals surface area contributed by atoms with Crippen LogP contribution in [-0.4, -0.2) is 26.9 Å². The van der Waals surface area contributed by atoms with Gasteiger partial charge in [-0.15, -0.1) is 0 Å². The second-order valence-electron chi connectivity index (χ2n) is 6.69. The van der Waals surface area contributed by atoms with Crippen molar-refractivity contribution < 1.29 is 14.2 Å². The average molecular weight is 327 g/mol. The van der Waals surface area contributed by atoms with E-state index in [-0.39, 0.29) is 11.5 Å². The number of ether oxygens (including phenoxy) is 3. The van der Waals surface area contributed by atoms with Crippen LogP contribution in [0.1, 0.15) is 36.5 Å². The number of hydrogen-bond donors (Lipinski definition) is 1. The van der Waals surface area contributed by atoms with Crippen LogP contribution in [0.4, 0.5) is 0 Å². The van der Waals surface area contributed by atoms with E-state index < -0.39 is 0 Å². The molecule has 4 heteroatoms. The molecule has 0 aromatic heterocycles. The Bertz CT molecular complexity index is 740. The second-order valence-corrected chi connectivity index (χ2v) is 6.69. The highest BCUT2D eigenvalue weighted by molar-refractivity contribution is 5.53. The Labute approximate surface area is 143 Å². The van der Waals surface area contributed by atoms with E-state index >= 15 is 0 Å². The molecule has 0 spiro atoms. The zero-order valence-electron chi connectivity index (χ0n) is 15.0. The summed E-state index contributed by atoms with van der Waals surface area (Å²) in [6, 6.07) is 12.5. The molecule has 0 saturated carbocycles. The van der Waals surface area contributed by atoms with Crippen molar-refractivity contribution >= 4 is 0 Å². The molecule has 1 aliphatic heterocycles. The molecule has 24 heavy (non-hydrogen) atoms. The maximum absolute atomic E-state index is 5.53. The number of hydrogen-bond acceptors (Lipinski definition) is 4. The van der Waals surface area contributed by atoms with E-state index in [0.717, 1.165) is 23.8 Å². The zero-order chi connectivity index (χ0) is 17.3. The Balaban J connectivity index is 2.17. The summed E-state index contributed by atoms with van der Waals surface area (Å²) in [7, 11) is 5.05. The maximum atomic E-state index is 5.53. The molecule has 3 rings (SSSR count). The molecule has 0 bridgehead atoms. The molecule has 1 aliphatic rings. The van der Waals surface area contributed by atoms with Crippen molar-refractivity contribution in [2.24, 2.45) is 0 Å². The van der Waals surface area contributed by atoms with Crippen LogP contribution in [0.25, 0.3) is 0 Å². The quantitative estimate of drug-likeness (QED) is 0.929. The smallest absolute Gasteiger partial charge is 0.161 e. The summed E-state index contributed by atoms with van der Waals surface area (Å²) in [5.74, 6) is 2.59. The molecule has 2 aromatic carbocycles. The molecule has 1 heterocycles. The molecule has 1 N–H and O–H groups in total. The number of benzene rings is 2. The molecule has 0 amide bonds. The number of nitrogens with one attached hydrogen (secondary N) is 1. The van der Waals surface area contributed by atoms with Gasteiger partial charge in [0.25, 0.3) is 0 Å². The van der Waals surface area contributed by atoms with Gasteiger partial charge in [-0.2, -0.15) is 0 Å². The summed E-state index contributed by atoms with van der Waals surface area (Å²) in [6.07, 6.45) is 0. The molecule has 0 aliphatic carbocycles. The SMILES string of the molecule is COc1cccc(C2c3cc(OC)c(OC)cc3CNC2(C)C)c1. The monoisotopic (exact) mass is 327 g/mol. The third kappa shape index (κ3) is 2.82. The van der Waals surface area contributed by atoms with Crippen LogP contribution in [0.15, 0.2) is 36.4 Å². The predicted molar refractivity (Wildman–Crippen MR) is 95.3 cm³/mol. The van der Waals surface area contributed by atoms with Gasteiger partial charge < -0.3 is 19.5 Å². The van der Waals surface area contributed by atoms with Crippen molar-refractivity contribution in [1.29, 1.82) is 0 Å². The molecule has 128 valence electrons. The summed E-state index contributed by atoms with van der Waals surface area (Å²) >= 11 is 0. The summed E-state index contributed by atoms with van der Waals surface area (Å²) in [5.41, 5.74) is 3.64. The van der Waals surface area contributed by atoms with E-state index in [1.807, 2.05) is 12.1 Å². The first kappa shape index (κ1) is 16.7. The third-order valence-corrected chi connectivity index (χ3v) is 4.84. The Hall–Kier alpha value is -2.20. The molecule has 2 aromatic rings. The highest BCUT2D eigenvalue weighted by Gasteiger charge is 2.37. The molecule has 4 nitrogen and oxygen atoms in total. The van der Waals surface area contributed by atoms with Crippen molar-refractivity contribution in [3.8, 4) is 17.2 Å². The van der Waals surface area contributed by atoms with Gasteiger partial charge in [-0.25, -0.2) is 0 Å². The lowest BCUT2D eigenvalue weighted by atomic mass is 9.73. The highest BCUT2D eigenvalue weighted by atomic mass is 16.5. The predicted octanol–water partition coefficient (Wildman–Crippen LogP) is 3.73. The van der Waals surface area contributed by atoms with Gasteiger partial charge in [-0.05, 0) is 54.8 Å². The number of rotatable bonds is 4. The number of fused-ring (bicyclic) bond motifs is 1. The van der Waals surface area contributed by atoms with Crippen LogP contribution in [0.5, 0.6) is 17.2 Å². The van der Waals surface area contributed by atoms with Gasteiger partial charge in [-0.1, -0.05) is 12.1 Å². The van der Waals surface area contributed by atoms with Gasteiger partial charge in [0.05, 0.1) is 21.3 Å². The van der Waals surface area contributed by atoms with Crippen molar-refractivity contribution in [1.82, 2.24) is 5.32 Å². The van der Waals surface area contributed by atoms with Crippen LogP contribution in [0.3, 0.4) is 0 Å². The van der Waals surface area contributed by atoms with Crippen LogP contribution >= 0.6 is 0 Å². The van der Waals surface area contributed by atoms with Crippen molar-refractivity contribution in [2.45, 2.75) is 31.8 Å². The molecule has 1 unspecified atom stereocenters. The fourth-order valence-corrected chi connectivity index (χ4v) is 3.59. The average Bonchev–Trinajstić information content (AvgIpc) is 2.60.